The summed E-state index contributed by atoms with van der Waals surface area (Å²) < 4.78 is 5.29. The van der Waals surface area contributed by atoms with E-state index in [4.69, 9.17) is 10.5 Å². The molecule has 0 atom stereocenters. The van der Waals surface area contributed by atoms with E-state index in [1.165, 1.54) is 0 Å². The van der Waals surface area contributed by atoms with Gasteiger partial charge in [0.05, 0.1) is 18.2 Å². The summed E-state index contributed by atoms with van der Waals surface area (Å²) in [4.78, 5) is 14.4. The Bertz CT molecular complexity index is 1010. The van der Waals surface area contributed by atoms with Gasteiger partial charge in [-0.15, -0.1) is 5.10 Å². The maximum absolute atomic E-state index is 12.3. The van der Waals surface area contributed by atoms with Gasteiger partial charge in [-0.05, 0) is 31.0 Å². The molecular formula is C21H22N4O2. The number of anilines is 1. The van der Waals surface area contributed by atoms with E-state index in [1.807, 2.05) is 55.5 Å². The molecule has 1 fully saturated rings. The van der Waals surface area contributed by atoms with Gasteiger partial charge >= 0.3 is 0 Å². The zero-order valence-electron chi connectivity index (χ0n) is 15.5. The van der Waals surface area contributed by atoms with Gasteiger partial charge in [-0.3, -0.25) is 4.79 Å². The van der Waals surface area contributed by atoms with Gasteiger partial charge in [-0.2, -0.15) is 5.10 Å². The van der Waals surface area contributed by atoms with Gasteiger partial charge < -0.3 is 15.4 Å². The summed E-state index contributed by atoms with van der Waals surface area (Å²) >= 11 is 0. The number of methoxy groups -OCH3 is 1. The maximum atomic E-state index is 12.3. The van der Waals surface area contributed by atoms with Crippen LogP contribution in [0.3, 0.4) is 0 Å². The number of rotatable bonds is 5. The SMILES string of the molecule is COc1cccc(CC2(C(N)=O)CN(c3nnc(C)c4ccccc34)C2)c1. The molecule has 2 aromatic carbocycles. The second-order valence-electron chi connectivity index (χ2n) is 7.18. The number of amides is 1. The minimum atomic E-state index is -0.611. The van der Waals surface area contributed by atoms with E-state index in [1.54, 1.807) is 7.11 Å². The van der Waals surface area contributed by atoms with E-state index < -0.39 is 5.41 Å². The van der Waals surface area contributed by atoms with Crippen LogP contribution < -0.4 is 15.4 Å². The summed E-state index contributed by atoms with van der Waals surface area (Å²) in [6.07, 6.45) is 0.577. The Labute approximate surface area is 158 Å². The quantitative estimate of drug-likeness (QED) is 0.754. The second-order valence-corrected chi connectivity index (χ2v) is 7.18. The lowest BCUT2D eigenvalue weighted by atomic mass is 9.74. The fourth-order valence-electron chi connectivity index (χ4n) is 3.82. The van der Waals surface area contributed by atoms with Crippen LogP contribution in [-0.2, 0) is 11.2 Å². The van der Waals surface area contributed by atoms with Crippen molar-refractivity contribution in [3.05, 3.63) is 59.8 Å². The number of carbonyl (C=O) groups is 1. The standard InChI is InChI=1S/C21H22N4O2/c1-14-17-8-3-4-9-18(17)19(24-23-14)25-12-21(13-25,20(22)26)11-15-6-5-7-16(10-15)27-2/h3-10H,11-13H2,1-2H3,(H2,22,26). The predicted molar refractivity (Wildman–Crippen MR) is 105 cm³/mol. The molecule has 1 aromatic heterocycles. The van der Waals surface area contributed by atoms with Crippen molar-refractivity contribution in [3.8, 4) is 5.75 Å². The summed E-state index contributed by atoms with van der Waals surface area (Å²) in [5.41, 5.74) is 7.11. The minimum absolute atomic E-state index is 0.286. The third-order valence-corrected chi connectivity index (χ3v) is 5.34. The number of benzene rings is 2. The first-order valence-corrected chi connectivity index (χ1v) is 8.92. The minimum Gasteiger partial charge on any atom is -0.497 e. The molecule has 3 aromatic rings. The molecule has 1 amide bonds. The molecule has 0 radical (unpaired) electrons. The summed E-state index contributed by atoms with van der Waals surface area (Å²) in [5, 5.41) is 10.8. The summed E-state index contributed by atoms with van der Waals surface area (Å²) in [7, 11) is 1.63. The second kappa shape index (κ2) is 6.54. The smallest absolute Gasteiger partial charge is 0.227 e. The van der Waals surface area contributed by atoms with Crippen molar-refractivity contribution in [1.29, 1.82) is 0 Å². The van der Waals surface area contributed by atoms with Crippen LogP contribution in [0.25, 0.3) is 10.8 Å². The molecule has 0 unspecified atom stereocenters. The molecule has 2 N–H and O–H groups in total. The number of hydrogen-bond donors (Lipinski definition) is 1. The monoisotopic (exact) mass is 362 g/mol. The molecule has 4 rings (SSSR count). The number of carbonyl (C=O) groups excluding carboxylic acids is 1. The van der Waals surface area contributed by atoms with E-state index in [0.717, 1.165) is 33.6 Å². The number of aryl methyl sites for hydroxylation is 1. The highest BCUT2D eigenvalue weighted by Crippen LogP contribution is 2.39. The Morgan fingerprint density at radius 1 is 1.15 bits per heavy atom. The summed E-state index contributed by atoms with van der Waals surface area (Å²) in [5.74, 6) is 1.29. The molecule has 0 bridgehead atoms. The largest absolute Gasteiger partial charge is 0.497 e. The van der Waals surface area contributed by atoms with Gasteiger partial charge in [0, 0.05) is 23.9 Å². The van der Waals surface area contributed by atoms with E-state index in [2.05, 4.69) is 15.1 Å². The molecule has 6 heteroatoms. The van der Waals surface area contributed by atoms with E-state index in [-0.39, 0.29) is 5.91 Å². The Balaban J connectivity index is 1.62. The molecule has 0 spiro atoms. The number of primary amides is 1. The predicted octanol–water partition coefficient (Wildman–Crippen LogP) is 2.48. The fraction of sp³-hybridized carbons (Fsp3) is 0.286. The molecule has 0 aliphatic carbocycles. The van der Waals surface area contributed by atoms with Gasteiger partial charge in [-0.1, -0.05) is 36.4 Å². The number of hydrogen-bond acceptors (Lipinski definition) is 5. The molecule has 0 saturated carbocycles. The van der Waals surface area contributed by atoms with Crippen LogP contribution >= 0.6 is 0 Å². The number of nitrogens with zero attached hydrogens (tertiary/aromatic N) is 3. The molecule has 27 heavy (non-hydrogen) atoms. The van der Waals surface area contributed by atoms with Crippen molar-refractivity contribution in [3.63, 3.8) is 0 Å². The lowest BCUT2D eigenvalue weighted by Gasteiger charge is -2.49. The highest BCUT2D eigenvalue weighted by Gasteiger charge is 2.49. The molecule has 1 aliphatic heterocycles. The number of nitrogens with two attached hydrogens (primary N) is 1. The Hall–Kier alpha value is -3.15. The third kappa shape index (κ3) is 2.97. The van der Waals surface area contributed by atoms with Crippen molar-refractivity contribution in [1.82, 2.24) is 10.2 Å². The molecule has 138 valence electrons. The first-order chi connectivity index (χ1) is 13.0. The van der Waals surface area contributed by atoms with Crippen LogP contribution in [0.15, 0.2) is 48.5 Å². The van der Waals surface area contributed by atoms with Crippen LogP contribution in [0.2, 0.25) is 0 Å². The first-order valence-electron chi connectivity index (χ1n) is 8.92. The van der Waals surface area contributed by atoms with Gasteiger partial charge in [0.1, 0.15) is 5.75 Å². The summed E-state index contributed by atoms with van der Waals surface area (Å²) in [6, 6.07) is 15.8. The molecular weight excluding hydrogens is 340 g/mol. The van der Waals surface area contributed by atoms with Crippen molar-refractivity contribution < 1.29 is 9.53 Å². The van der Waals surface area contributed by atoms with E-state index in [9.17, 15) is 4.79 Å². The first kappa shape index (κ1) is 17.3. The molecule has 1 aliphatic rings. The van der Waals surface area contributed by atoms with Crippen LogP contribution in [0.4, 0.5) is 5.82 Å². The molecule has 1 saturated heterocycles. The number of aromatic nitrogens is 2. The number of fused-ring (bicyclic) bond motifs is 1. The van der Waals surface area contributed by atoms with Crippen molar-refractivity contribution in [2.75, 3.05) is 25.1 Å². The van der Waals surface area contributed by atoms with E-state index >= 15 is 0 Å². The topological polar surface area (TPSA) is 81.3 Å². The highest BCUT2D eigenvalue weighted by molar-refractivity contribution is 5.95. The van der Waals surface area contributed by atoms with Crippen LogP contribution in [-0.4, -0.2) is 36.3 Å². The van der Waals surface area contributed by atoms with Crippen molar-refractivity contribution >= 4 is 22.5 Å². The van der Waals surface area contributed by atoms with Crippen molar-refractivity contribution in [2.45, 2.75) is 13.3 Å². The lowest BCUT2D eigenvalue weighted by molar-refractivity contribution is -0.129. The lowest BCUT2D eigenvalue weighted by Crippen LogP contribution is -2.64. The van der Waals surface area contributed by atoms with Crippen molar-refractivity contribution in [2.24, 2.45) is 11.1 Å². The molecule has 6 nitrogen and oxygen atoms in total. The Morgan fingerprint density at radius 2 is 1.89 bits per heavy atom. The average molecular weight is 362 g/mol. The molecule has 2 heterocycles. The highest BCUT2D eigenvalue weighted by atomic mass is 16.5. The zero-order chi connectivity index (χ0) is 19.0. The average Bonchev–Trinajstić information content (AvgIpc) is 2.65. The fourth-order valence-corrected chi connectivity index (χ4v) is 3.82. The Morgan fingerprint density at radius 3 is 2.59 bits per heavy atom. The Kier molecular flexibility index (Phi) is 4.18. The van der Waals surface area contributed by atoms with Crippen LogP contribution in [0.5, 0.6) is 5.75 Å². The number of ether oxygens (including phenoxy) is 1. The van der Waals surface area contributed by atoms with Crippen LogP contribution in [0.1, 0.15) is 11.3 Å². The van der Waals surface area contributed by atoms with Gasteiger partial charge in [0.2, 0.25) is 5.91 Å². The van der Waals surface area contributed by atoms with Gasteiger partial charge in [-0.25, -0.2) is 0 Å². The normalized spacial score (nSPS) is 15.4. The zero-order valence-corrected chi connectivity index (χ0v) is 15.5. The summed E-state index contributed by atoms with van der Waals surface area (Å²) in [6.45, 7) is 3.01. The maximum Gasteiger partial charge on any atom is 0.227 e. The van der Waals surface area contributed by atoms with E-state index in [0.29, 0.717) is 19.5 Å². The van der Waals surface area contributed by atoms with Crippen LogP contribution in [0, 0.1) is 12.3 Å². The van der Waals surface area contributed by atoms with Gasteiger partial charge in [0.25, 0.3) is 0 Å². The third-order valence-electron chi connectivity index (χ3n) is 5.34. The van der Waals surface area contributed by atoms with Gasteiger partial charge in [0.15, 0.2) is 5.82 Å².